The maximum Gasteiger partial charge on any atom is 0.258 e. The van der Waals surface area contributed by atoms with Crippen molar-refractivity contribution in [2.45, 2.75) is 38.1 Å². The van der Waals surface area contributed by atoms with Crippen LogP contribution in [0.3, 0.4) is 0 Å². The van der Waals surface area contributed by atoms with Gasteiger partial charge in [-0.15, -0.1) is 0 Å². The maximum atomic E-state index is 12.7. The van der Waals surface area contributed by atoms with E-state index in [9.17, 15) is 13.2 Å². The lowest BCUT2D eigenvalue weighted by Gasteiger charge is -2.19. The molecule has 162 valence electrons. The standard InChI is InChI=1S/C21H26BrN3O4S/c1-14(2)11-19(25-30(27,28)17-8-5-15(3)6-9-17)21(26)24-23-13-16-7-10-20(29-4)18(22)12-16/h5-10,12-14,19,25H,11H2,1-4H3,(H,24,26)/b23-13-/t19-/m0/s1. The van der Waals surface area contributed by atoms with Gasteiger partial charge >= 0.3 is 0 Å². The first-order chi connectivity index (χ1) is 14.1. The van der Waals surface area contributed by atoms with Gasteiger partial charge in [0, 0.05) is 0 Å². The van der Waals surface area contributed by atoms with E-state index >= 15 is 0 Å². The third-order valence-electron chi connectivity index (χ3n) is 4.22. The molecule has 1 atom stereocenters. The second-order valence-corrected chi connectivity index (χ2v) is 9.81. The van der Waals surface area contributed by atoms with Crippen LogP contribution in [0, 0.1) is 12.8 Å². The summed E-state index contributed by atoms with van der Waals surface area (Å²) in [5.41, 5.74) is 4.11. The summed E-state index contributed by atoms with van der Waals surface area (Å²) in [5, 5.41) is 3.96. The summed E-state index contributed by atoms with van der Waals surface area (Å²) < 4.78 is 33.8. The van der Waals surface area contributed by atoms with Crippen molar-refractivity contribution in [1.29, 1.82) is 0 Å². The van der Waals surface area contributed by atoms with E-state index in [4.69, 9.17) is 4.74 Å². The Morgan fingerprint density at radius 2 is 1.87 bits per heavy atom. The smallest absolute Gasteiger partial charge is 0.258 e. The normalized spacial score (nSPS) is 12.9. The molecule has 0 aromatic heterocycles. The number of amides is 1. The molecule has 2 aromatic carbocycles. The highest BCUT2D eigenvalue weighted by molar-refractivity contribution is 9.10. The number of hydrogen-bond donors (Lipinski definition) is 2. The van der Waals surface area contributed by atoms with Crippen LogP contribution in [0.15, 0.2) is 56.9 Å². The molecule has 2 N–H and O–H groups in total. The van der Waals surface area contributed by atoms with Gasteiger partial charge in [0.05, 0.1) is 22.7 Å². The van der Waals surface area contributed by atoms with Crippen LogP contribution in [0.5, 0.6) is 5.75 Å². The van der Waals surface area contributed by atoms with Gasteiger partial charge in [0.15, 0.2) is 0 Å². The Morgan fingerprint density at radius 1 is 1.20 bits per heavy atom. The fourth-order valence-corrected chi connectivity index (χ4v) is 4.43. The molecule has 0 radical (unpaired) electrons. The monoisotopic (exact) mass is 495 g/mol. The average molecular weight is 496 g/mol. The number of hydrogen-bond acceptors (Lipinski definition) is 5. The van der Waals surface area contributed by atoms with Gasteiger partial charge in [-0.1, -0.05) is 31.5 Å². The third kappa shape index (κ3) is 6.93. The van der Waals surface area contributed by atoms with Gasteiger partial charge in [0.2, 0.25) is 10.0 Å². The van der Waals surface area contributed by atoms with Crippen LogP contribution in [0.4, 0.5) is 0 Å². The number of carbonyl (C=O) groups is 1. The maximum absolute atomic E-state index is 12.7. The zero-order valence-corrected chi connectivity index (χ0v) is 19.7. The van der Waals surface area contributed by atoms with E-state index in [1.807, 2.05) is 20.8 Å². The quantitative estimate of drug-likeness (QED) is 0.410. The van der Waals surface area contributed by atoms with E-state index in [1.165, 1.54) is 18.3 Å². The molecule has 30 heavy (non-hydrogen) atoms. The molecule has 0 fully saturated rings. The molecule has 7 nitrogen and oxygen atoms in total. The SMILES string of the molecule is COc1ccc(/C=N\NC(=O)[C@H](CC(C)C)NS(=O)(=O)c2ccc(C)cc2)cc1Br. The Morgan fingerprint density at radius 3 is 2.43 bits per heavy atom. The molecule has 2 aromatic rings. The molecule has 0 saturated carbocycles. The molecule has 0 heterocycles. The van der Waals surface area contributed by atoms with E-state index < -0.39 is 22.0 Å². The van der Waals surface area contributed by atoms with E-state index in [1.54, 1.807) is 37.4 Å². The number of carbonyl (C=O) groups excluding carboxylic acids is 1. The first-order valence-electron chi connectivity index (χ1n) is 9.38. The van der Waals surface area contributed by atoms with Crippen LogP contribution in [-0.4, -0.2) is 33.7 Å². The van der Waals surface area contributed by atoms with Crippen molar-refractivity contribution in [3.05, 3.63) is 58.1 Å². The highest BCUT2D eigenvalue weighted by Crippen LogP contribution is 2.24. The van der Waals surface area contributed by atoms with Crippen molar-refractivity contribution in [3.63, 3.8) is 0 Å². The van der Waals surface area contributed by atoms with Crippen molar-refractivity contribution in [2.75, 3.05) is 7.11 Å². The molecule has 0 aliphatic rings. The number of nitrogens with zero attached hydrogens (tertiary/aromatic N) is 1. The Labute approximate surface area is 186 Å². The number of ether oxygens (including phenoxy) is 1. The van der Waals surface area contributed by atoms with E-state index in [2.05, 4.69) is 31.2 Å². The summed E-state index contributed by atoms with van der Waals surface area (Å²) in [6, 6.07) is 10.8. The summed E-state index contributed by atoms with van der Waals surface area (Å²) >= 11 is 3.39. The molecule has 0 bridgehead atoms. The lowest BCUT2D eigenvalue weighted by molar-refractivity contribution is -0.123. The predicted octanol–water partition coefficient (Wildman–Crippen LogP) is 3.61. The Kier molecular flexibility index (Phi) is 8.57. The predicted molar refractivity (Wildman–Crippen MR) is 121 cm³/mol. The number of sulfonamides is 1. The molecule has 2 rings (SSSR count). The number of halogens is 1. The number of hydrazone groups is 1. The molecule has 0 saturated heterocycles. The zero-order chi connectivity index (χ0) is 22.3. The lowest BCUT2D eigenvalue weighted by atomic mass is 10.0. The van der Waals surface area contributed by atoms with Crippen LogP contribution < -0.4 is 14.9 Å². The minimum atomic E-state index is -3.84. The summed E-state index contributed by atoms with van der Waals surface area (Å²) in [6.45, 7) is 5.70. The molecular weight excluding hydrogens is 470 g/mol. The topological polar surface area (TPSA) is 96.9 Å². The van der Waals surface area contributed by atoms with Gasteiger partial charge < -0.3 is 4.74 Å². The number of methoxy groups -OCH3 is 1. The molecule has 0 unspecified atom stereocenters. The second kappa shape index (κ2) is 10.7. The van der Waals surface area contributed by atoms with Gasteiger partial charge in [-0.3, -0.25) is 4.79 Å². The van der Waals surface area contributed by atoms with E-state index in [0.29, 0.717) is 12.2 Å². The molecule has 0 spiro atoms. The van der Waals surface area contributed by atoms with E-state index in [-0.39, 0.29) is 10.8 Å². The second-order valence-electron chi connectivity index (χ2n) is 7.24. The third-order valence-corrected chi connectivity index (χ3v) is 6.32. The van der Waals surface area contributed by atoms with Crippen molar-refractivity contribution < 1.29 is 17.9 Å². The molecule has 9 heteroatoms. The molecule has 0 aliphatic carbocycles. The number of nitrogens with one attached hydrogen (secondary N) is 2. The van der Waals surface area contributed by atoms with Gasteiger partial charge in [-0.2, -0.15) is 9.82 Å². The van der Waals surface area contributed by atoms with Gasteiger partial charge in [-0.25, -0.2) is 13.8 Å². The average Bonchev–Trinajstić information content (AvgIpc) is 2.67. The van der Waals surface area contributed by atoms with Crippen LogP contribution >= 0.6 is 15.9 Å². The number of aryl methyl sites for hydroxylation is 1. The van der Waals surface area contributed by atoms with Gasteiger partial charge in [0.25, 0.3) is 5.91 Å². The first kappa shape index (κ1) is 24.0. The van der Waals surface area contributed by atoms with Crippen LogP contribution in [0.2, 0.25) is 0 Å². The van der Waals surface area contributed by atoms with Crippen LogP contribution in [-0.2, 0) is 14.8 Å². The molecular formula is C21H26BrN3O4S. The van der Waals surface area contributed by atoms with Crippen molar-refractivity contribution >= 4 is 38.1 Å². The minimum absolute atomic E-state index is 0.1000. The zero-order valence-electron chi connectivity index (χ0n) is 17.3. The van der Waals surface area contributed by atoms with Crippen molar-refractivity contribution in [3.8, 4) is 5.75 Å². The van der Waals surface area contributed by atoms with E-state index in [0.717, 1.165) is 15.6 Å². The lowest BCUT2D eigenvalue weighted by Crippen LogP contribution is -2.46. The summed E-state index contributed by atoms with van der Waals surface area (Å²) in [7, 11) is -2.27. The van der Waals surface area contributed by atoms with Crippen LogP contribution in [0.25, 0.3) is 0 Å². The highest BCUT2D eigenvalue weighted by Gasteiger charge is 2.26. The van der Waals surface area contributed by atoms with Crippen molar-refractivity contribution in [1.82, 2.24) is 10.1 Å². The fourth-order valence-electron chi connectivity index (χ4n) is 2.66. The Hall–Kier alpha value is -2.23. The molecule has 1 amide bonds. The fraction of sp³-hybridized carbons (Fsp3) is 0.333. The number of rotatable bonds is 9. The van der Waals surface area contributed by atoms with Gasteiger partial charge in [0.1, 0.15) is 11.8 Å². The van der Waals surface area contributed by atoms with Crippen molar-refractivity contribution in [2.24, 2.45) is 11.0 Å². The summed E-state index contributed by atoms with van der Waals surface area (Å²) in [5.74, 6) is 0.255. The first-order valence-corrected chi connectivity index (χ1v) is 11.7. The Bertz CT molecular complexity index is 1010. The minimum Gasteiger partial charge on any atom is -0.496 e. The largest absolute Gasteiger partial charge is 0.496 e. The summed E-state index contributed by atoms with van der Waals surface area (Å²) in [4.78, 5) is 12.7. The Balaban J connectivity index is 2.11. The number of benzene rings is 2. The molecule has 0 aliphatic heterocycles. The van der Waals surface area contributed by atoms with Gasteiger partial charge in [-0.05, 0) is 71.1 Å². The summed E-state index contributed by atoms with van der Waals surface area (Å²) in [6.07, 6.45) is 1.81. The highest BCUT2D eigenvalue weighted by atomic mass is 79.9. The van der Waals surface area contributed by atoms with Crippen LogP contribution in [0.1, 0.15) is 31.4 Å².